The number of carbonyl (C=O) groups is 2. The van der Waals surface area contributed by atoms with Crippen LogP contribution in [0.1, 0.15) is 24.1 Å². The second-order valence-corrected chi connectivity index (χ2v) is 6.75. The minimum absolute atomic E-state index is 0.0409. The summed E-state index contributed by atoms with van der Waals surface area (Å²) in [7, 11) is 0. The van der Waals surface area contributed by atoms with Crippen molar-refractivity contribution in [2.75, 3.05) is 11.5 Å². The highest BCUT2D eigenvalue weighted by Gasteiger charge is 2.47. The highest BCUT2D eigenvalue weighted by atomic mass is 16.5. The van der Waals surface area contributed by atoms with Crippen LogP contribution in [0, 0.1) is 0 Å². The molecule has 1 saturated heterocycles. The van der Waals surface area contributed by atoms with Crippen LogP contribution in [0.15, 0.2) is 84.7 Å². The van der Waals surface area contributed by atoms with Crippen LogP contribution in [-0.4, -0.2) is 28.4 Å². The molecule has 3 aromatic rings. The van der Waals surface area contributed by atoms with Crippen LogP contribution < -0.4 is 9.64 Å². The maximum atomic E-state index is 13.1. The van der Waals surface area contributed by atoms with E-state index in [1.165, 1.54) is 17.3 Å². The Hall–Kier alpha value is -3.93. The predicted molar refractivity (Wildman–Crippen MR) is 113 cm³/mol. The lowest BCUT2D eigenvalue weighted by molar-refractivity contribution is -0.132. The number of pyridine rings is 1. The van der Waals surface area contributed by atoms with E-state index in [4.69, 9.17) is 4.74 Å². The predicted octanol–water partition coefficient (Wildman–Crippen LogP) is 4.11. The van der Waals surface area contributed by atoms with Crippen molar-refractivity contribution < 1.29 is 19.4 Å². The van der Waals surface area contributed by atoms with Crippen LogP contribution >= 0.6 is 0 Å². The molecule has 1 fully saturated rings. The monoisotopic (exact) mass is 400 g/mol. The van der Waals surface area contributed by atoms with Crippen molar-refractivity contribution in [1.29, 1.82) is 0 Å². The van der Waals surface area contributed by atoms with E-state index in [9.17, 15) is 14.7 Å². The molecule has 1 amide bonds. The lowest BCUT2D eigenvalue weighted by atomic mass is 9.95. The van der Waals surface area contributed by atoms with Gasteiger partial charge in [0.1, 0.15) is 11.5 Å². The summed E-state index contributed by atoms with van der Waals surface area (Å²) < 4.78 is 5.56. The molecule has 0 radical (unpaired) electrons. The van der Waals surface area contributed by atoms with Gasteiger partial charge in [0.15, 0.2) is 0 Å². The first-order valence-electron chi connectivity index (χ1n) is 9.61. The molecule has 1 N–H and O–H groups in total. The van der Waals surface area contributed by atoms with Gasteiger partial charge in [-0.1, -0.05) is 36.4 Å². The van der Waals surface area contributed by atoms with Crippen LogP contribution in [0.25, 0.3) is 5.76 Å². The molecule has 1 unspecified atom stereocenters. The Morgan fingerprint density at radius 2 is 1.77 bits per heavy atom. The molecule has 1 aliphatic heterocycles. The molecule has 0 spiro atoms. The first kappa shape index (κ1) is 19.4. The summed E-state index contributed by atoms with van der Waals surface area (Å²) >= 11 is 0. The van der Waals surface area contributed by atoms with E-state index in [-0.39, 0.29) is 11.3 Å². The standard InChI is InChI=1S/C24H20N2O4/c1-2-30-19-10-6-9-18(15-19)26-21(16-7-4-3-5-8-16)20(23(28)24(26)29)22(27)17-11-13-25-14-12-17/h3-15,21,27H,2H2,1H3/b22-20+. The lowest BCUT2D eigenvalue weighted by Crippen LogP contribution is -2.29. The van der Waals surface area contributed by atoms with E-state index < -0.39 is 17.7 Å². The second kappa shape index (κ2) is 8.21. The minimum atomic E-state index is -0.767. The van der Waals surface area contributed by atoms with E-state index >= 15 is 0 Å². The number of aromatic nitrogens is 1. The number of rotatable bonds is 5. The average Bonchev–Trinajstić information content (AvgIpc) is 3.05. The molecule has 150 valence electrons. The quantitative estimate of drug-likeness (QED) is 0.396. The number of ketones is 1. The largest absolute Gasteiger partial charge is 0.507 e. The normalized spacial score (nSPS) is 17.9. The second-order valence-electron chi connectivity index (χ2n) is 6.75. The minimum Gasteiger partial charge on any atom is -0.507 e. The number of hydrogen-bond acceptors (Lipinski definition) is 5. The summed E-state index contributed by atoms with van der Waals surface area (Å²) in [5, 5.41) is 11.0. The zero-order valence-electron chi connectivity index (χ0n) is 16.4. The Morgan fingerprint density at radius 3 is 2.47 bits per heavy atom. The maximum Gasteiger partial charge on any atom is 0.300 e. The van der Waals surface area contributed by atoms with Crippen LogP contribution in [0.3, 0.4) is 0 Å². The molecule has 6 nitrogen and oxygen atoms in total. The summed E-state index contributed by atoms with van der Waals surface area (Å²) in [6, 6.07) is 18.6. The Kier molecular flexibility index (Phi) is 5.30. The zero-order valence-corrected chi connectivity index (χ0v) is 16.4. The summed E-state index contributed by atoms with van der Waals surface area (Å²) in [6.07, 6.45) is 3.04. The molecule has 0 bridgehead atoms. The van der Waals surface area contributed by atoms with Crippen molar-refractivity contribution in [3.8, 4) is 5.75 Å². The van der Waals surface area contributed by atoms with Crippen molar-refractivity contribution in [3.05, 3.63) is 95.8 Å². The molecule has 1 aromatic heterocycles. The van der Waals surface area contributed by atoms with Crippen LogP contribution in [0.2, 0.25) is 0 Å². The summed E-state index contributed by atoms with van der Waals surface area (Å²) in [5.41, 5.74) is 1.70. The number of nitrogens with zero attached hydrogens (tertiary/aromatic N) is 2. The van der Waals surface area contributed by atoms with Gasteiger partial charge in [-0.2, -0.15) is 0 Å². The smallest absolute Gasteiger partial charge is 0.300 e. The average molecular weight is 400 g/mol. The molecular formula is C24H20N2O4. The molecule has 0 aliphatic carbocycles. The maximum absolute atomic E-state index is 13.1. The van der Waals surface area contributed by atoms with Gasteiger partial charge in [0.25, 0.3) is 11.7 Å². The molecule has 0 saturated carbocycles. The molecule has 2 heterocycles. The van der Waals surface area contributed by atoms with Crippen LogP contribution in [-0.2, 0) is 9.59 Å². The summed E-state index contributed by atoms with van der Waals surface area (Å²) in [5.74, 6) is -1.07. The van der Waals surface area contributed by atoms with Gasteiger partial charge >= 0.3 is 0 Å². The molecular weight excluding hydrogens is 380 g/mol. The number of hydrogen-bond donors (Lipinski definition) is 1. The SMILES string of the molecule is CCOc1cccc(N2C(=O)C(=O)/C(=C(/O)c3ccncc3)C2c2ccccc2)c1. The van der Waals surface area contributed by atoms with E-state index in [1.807, 2.05) is 37.3 Å². The van der Waals surface area contributed by atoms with Gasteiger partial charge in [-0.05, 0) is 36.8 Å². The molecule has 1 aliphatic rings. The van der Waals surface area contributed by atoms with Gasteiger partial charge in [0, 0.05) is 29.7 Å². The van der Waals surface area contributed by atoms with Crippen molar-refractivity contribution in [2.24, 2.45) is 0 Å². The van der Waals surface area contributed by atoms with E-state index in [2.05, 4.69) is 4.98 Å². The van der Waals surface area contributed by atoms with E-state index in [0.29, 0.717) is 29.2 Å². The number of amides is 1. The van der Waals surface area contributed by atoms with E-state index in [1.54, 1.807) is 36.4 Å². The third kappa shape index (κ3) is 3.43. The molecule has 1 atom stereocenters. The fourth-order valence-electron chi connectivity index (χ4n) is 3.60. The Bertz CT molecular complexity index is 1110. The number of aliphatic hydroxyl groups excluding tert-OH is 1. The summed E-state index contributed by atoms with van der Waals surface area (Å²) in [6.45, 7) is 2.35. The molecule has 30 heavy (non-hydrogen) atoms. The first-order chi connectivity index (χ1) is 14.6. The number of carbonyl (C=O) groups excluding carboxylic acids is 2. The van der Waals surface area contributed by atoms with E-state index in [0.717, 1.165) is 0 Å². The van der Waals surface area contributed by atoms with Crippen molar-refractivity contribution in [3.63, 3.8) is 0 Å². The molecule has 4 rings (SSSR count). The number of benzene rings is 2. The molecule has 6 heteroatoms. The topological polar surface area (TPSA) is 79.7 Å². The fraction of sp³-hybridized carbons (Fsp3) is 0.125. The Labute approximate surface area is 174 Å². The van der Waals surface area contributed by atoms with Crippen LogP contribution in [0.5, 0.6) is 5.75 Å². The summed E-state index contributed by atoms with van der Waals surface area (Å²) in [4.78, 5) is 31.5. The third-order valence-corrected chi connectivity index (χ3v) is 4.92. The van der Waals surface area contributed by atoms with Crippen molar-refractivity contribution in [2.45, 2.75) is 13.0 Å². The number of ether oxygens (including phenoxy) is 1. The first-order valence-corrected chi connectivity index (χ1v) is 9.61. The Morgan fingerprint density at radius 1 is 1.03 bits per heavy atom. The number of Topliss-reactive ketones (excluding diaryl/α,β-unsaturated/α-hetero) is 1. The van der Waals surface area contributed by atoms with Gasteiger partial charge < -0.3 is 9.84 Å². The Balaban J connectivity index is 1.91. The lowest BCUT2D eigenvalue weighted by Gasteiger charge is -2.25. The van der Waals surface area contributed by atoms with Crippen LogP contribution in [0.4, 0.5) is 5.69 Å². The van der Waals surface area contributed by atoms with Gasteiger partial charge in [-0.3, -0.25) is 19.5 Å². The van der Waals surface area contributed by atoms with Gasteiger partial charge in [0.05, 0.1) is 18.2 Å². The van der Waals surface area contributed by atoms with Gasteiger partial charge in [0.2, 0.25) is 0 Å². The van der Waals surface area contributed by atoms with Crippen molar-refractivity contribution in [1.82, 2.24) is 4.98 Å². The third-order valence-electron chi connectivity index (χ3n) is 4.92. The highest BCUT2D eigenvalue weighted by molar-refractivity contribution is 6.51. The number of anilines is 1. The molecule has 2 aromatic carbocycles. The van der Waals surface area contributed by atoms with Gasteiger partial charge in [-0.25, -0.2) is 0 Å². The number of aliphatic hydroxyl groups is 1. The zero-order chi connectivity index (χ0) is 21.1. The highest BCUT2D eigenvalue weighted by Crippen LogP contribution is 2.42. The van der Waals surface area contributed by atoms with Gasteiger partial charge in [-0.15, -0.1) is 0 Å². The fourth-order valence-corrected chi connectivity index (χ4v) is 3.60. The van der Waals surface area contributed by atoms with Crippen molar-refractivity contribution >= 4 is 23.1 Å².